The monoisotopic (exact) mass is 1020 g/mol. The highest BCUT2D eigenvalue weighted by Gasteiger charge is 2.40. The number of furan rings is 1. The van der Waals surface area contributed by atoms with Crippen molar-refractivity contribution in [2.45, 2.75) is 124 Å². The first kappa shape index (κ1) is 49.8. The lowest BCUT2D eigenvalue weighted by atomic mass is 9.57. The van der Waals surface area contributed by atoms with Gasteiger partial charge in [0.1, 0.15) is 11.2 Å². The largest absolute Gasteiger partial charge is 0.456 e. The van der Waals surface area contributed by atoms with E-state index in [0.717, 1.165) is 97.6 Å². The predicted molar refractivity (Wildman–Crippen MR) is 333 cm³/mol. The van der Waals surface area contributed by atoms with E-state index in [1.807, 2.05) is 0 Å². The third-order valence-corrected chi connectivity index (χ3v) is 18.4. The quantitative estimate of drug-likeness (QED) is 0.154. The van der Waals surface area contributed by atoms with Gasteiger partial charge >= 0.3 is 0 Å². The van der Waals surface area contributed by atoms with E-state index in [1.54, 1.807) is 0 Å². The summed E-state index contributed by atoms with van der Waals surface area (Å²) < 4.78 is 6.89. The summed E-state index contributed by atoms with van der Waals surface area (Å²) in [5.41, 5.74) is 27.2. The maximum Gasteiger partial charge on any atom is 0.197 e. The van der Waals surface area contributed by atoms with Crippen molar-refractivity contribution in [1.29, 1.82) is 0 Å². The lowest BCUT2D eigenvalue weighted by molar-refractivity contribution is 0.332. The second-order valence-corrected chi connectivity index (χ2v) is 25.5. The minimum atomic E-state index is -0.00225. The molecule has 2 aliphatic carbocycles. The van der Waals surface area contributed by atoms with E-state index in [0.29, 0.717) is 0 Å². The predicted octanol–water partition coefficient (Wildman–Crippen LogP) is 19.2. The van der Waals surface area contributed by atoms with Gasteiger partial charge in [-0.1, -0.05) is 170 Å². The molecule has 0 amide bonds. The smallest absolute Gasteiger partial charge is 0.197 e. The van der Waals surface area contributed by atoms with Crippen molar-refractivity contribution in [2.24, 2.45) is 0 Å². The molecule has 1 aromatic heterocycles. The Bertz CT molecular complexity index is 4000. The van der Waals surface area contributed by atoms with Crippen LogP contribution >= 0.6 is 0 Å². The first-order chi connectivity index (χ1) is 37.4. The normalized spacial score (nSPS) is 16.4. The van der Waals surface area contributed by atoms with Gasteiger partial charge in [0.25, 0.3) is 0 Å². The van der Waals surface area contributed by atoms with E-state index >= 15 is 0 Å². The van der Waals surface area contributed by atoms with Gasteiger partial charge in [-0.05, 0) is 196 Å². The van der Waals surface area contributed by atoms with Gasteiger partial charge in [0, 0.05) is 61.8 Å². The van der Waals surface area contributed by atoms with Crippen LogP contribution in [0.3, 0.4) is 0 Å². The van der Waals surface area contributed by atoms with E-state index in [1.165, 1.54) is 67.6 Å². The molecule has 0 saturated carbocycles. The molecule has 1 radical (unpaired) electrons. The van der Waals surface area contributed by atoms with Crippen molar-refractivity contribution in [2.75, 3.05) is 15.1 Å². The number of aryl methyl sites for hydroxylation is 3. The van der Waals surface area contributed by atoms with Gasteiger partial charge in [0.15, 0.2) is 7.28 Å². The fourth-order valence-electron chi connectivity index (χ4n) is 13.5. The van der Waals surface area contributed by atoms with E-state index in [4.69, 9.17) is 4.42 Å². The zero-order chi connectivity index (χ0) is 54.0. The van der Waals surface area contributed by atoms with Crippen molar-refractivity contribution in [3.05, 3.63) is 215 Å². The van der Waals surface area contributed by atoms with Gasteiger partial charge in [-0.2, -0.15) is 0 Å². The fraction of sp³-hybridized carbons (Fsp3) is 0.260. The average Bonchev–Trinajstić information content (AvgIpc) is 3.87. The van der Waals surface area contributed by atoms with Crippen LogP contribution in [0.25, 0.3) is 44.2 Å². The highest BCUT2D eigenvalue weighted by Crippen LogP contribution is 2.53. The Morgan fingerprint density at radius 3 is 1.76 bits per heavy atom. The number of nitrogens with one attached hydrogen (secondary N) is 1. The molecule has 1 N–H and O–H groups in total. The summed E-state index contributed by atoms with van der Waals surface area (Å²) in [7, 11) is 2.48. The van der Waals surface area contributed by atoms with Crippen LogP contribution in [0.15, 0.2) is 180 Å². The van der Waals surface area contributed by atoms with Gasteiger partial charge in [-0.25, -0.2) is 0 Å². The highest BCUT2D eigenvalue weighted by atomic mass is 16.3. The molecule has 5 heteroatoms. The lowest BCUT2D eigenvalue weighted by Gasteiger charge is -2.44. The fourth-order valence-corrected chi connectivity index (χ4v) is 13.5. The van der Waals surface area contributed by atoms with Crippen LogP contribution in [0, 0.1) is 20.8 Å². The van der Waals surface area contributed by atoms with Gasteiger partial charge in [0.2, 0.25) is 0 Å². The van der Waals surface area contributed by atoms with Crippen LogP contribution < -0.4 is 26.0 Å². The molecule has 9 aromatic carbocycles. The molecule has 1 aliphatic heterocycles. The number of hydrogen-bond acceptors (Lipinski definition) is 4. The van der Waals surface area contributed by atoms with Gasteiger partial charge in [-0.15, -0.1) is 0 Å². The molecular formula is C73H71BN3O. The molecule has 0 spiro atoms. The second kappa shape index (κ2) is 18.2. The maximum absolute atomic E-state index is 6.89. The van der Waals surface area contributed by atoms with Crippen molar-refractivity contribution in [3.63, 3.8) is 0 Å². The molecule has 0 fully saturated rings. The molecule has 10 aromatic rings. The Hall–Kier alpha value is -7.76. The lowest BCUT2D eigenvalue weighted by Crippen LogP contribution is -2.42. The van der Waals surface area contributed by atoms with Crippen LogP contribution in [-0.2, 0) is 21.7 Å². The second-order valence-electron chi connectivity index (χ2n) is 25.5. The van der Waals surface area contributed by atoms with E-state index in [9.17, 15) is 0 Å². The minimum absolute atomic E-state index is 0.00225. The summed E-state index contributed by atoms with van der Waals surface area (Å²) in [6.45, 7) is 26.2. The first-order valence-corrected chi connectivity index (χ1v) is 28.3. The first-order valence-electron chi connectivity index (χ1n) is 28.3. The van der Waals surface area contributed by atoms with Crippen LogP contribution in [0.2, 0.25) is 0 Å². The van der Waals surface area contributed by atoms with Crippen LogP contribution in [0.1, 0.15) is 120 Å². The Morgan fingerprint density at radius 1 is 0.474 bits per heavy atom. The molecule has 387 valence electrons. The zero-order valence-corrected chi connectivity index (χ0v) is 47.5. The summed E-state index contributed by atoms with van der Waals surface area (Å²) >= 11 is 0. The summed E-state index contributed by atoms with van der Waals surface area (Å²) in [5, 5.41) is 6.31. The summed E-state index contributed by atoms with van der Waals surface area (Å²) in [5.74, 6) is 0. The molecule has 0 saturated heterocycles. The van der Waals surface area contributed by atoms with E-state index in [-0.39, 0.29) is 21.7 Å². The van der Waals surface area contributed by atoms with Crippen molar-refractivity contribution in [3.8, 4) is 22.3 Å². The Labute approximate surface area is 463 Å². The van der Waals surface area contributed by atoms with Gasteiger partial charge in [0.05, 0.1) is 0 Å². The maximum atomic E-state index is 6.89. The molecule has 2 heterocycles. The number of para-hydroxylation sites is 3. The molecule has 3 aliphatic rings. The third-order valence-electron chi connectivity index (χ3n) is 18.4. The topological polar surface area (TPSA) is 31.6 Å². The third kappa shape index (κ3) is 8.18. The Kier molecular flexibility index (Phi) is 11.6. The number of rotatable bonds is 8. The Morgan fingerprint density at radius 2 is 1.08 bits per heavy atom. The zero-order valence-electron chi connectivity index (χ0n) is 47.5. The molecular weight excluding hydrogens is 946 g/mol. The summed E-state index contributed by atoms with van der Waals surface area (Å²) in [6.07, 6.45) is 4.60. The van der Waals surface area contributed by atoms with Crippen LogP contribution in [0.4, 0.5) is 45.5 Å². The SMILES string of the molecule is Cc1ccccc1N(c1cc(-c2c(Nc3ccc4c(c3)C(C)(C)CCC4(C)C)ccc3oc4ccccc4c23)c2c(c1)N(c1cc3c(cc1C)C(C)(C)CCC3(C)C)c1ccc(-c3ccccc3)cc1[B]2)c1ccccc1C. The van der Waals surface area contributed by atoms with Gasteiger partial charge < -0.3 is 19.5 Å². The number of anilines is 8. The molecule has 0 unspecified atom stereocenters. The van der Waals surface area contributed by atoms with Crippen LogP contribution in [-0.4, -0.2) is 7.28 Å². The summed E-state index contributed by atoms with van der Waals surface area (Å²) in [6, 6.07) is 65.8. The Balaban J connectivity index is 1.16. The molecule has 78 heavy (non-hydrogen) atoms. The molecule has 0 bridgehead atoms. The average molecular weight is 1020 g/mol. The van der Waals surface area contributed by atoms with Gasteiger partial charge in [-0.3, -0.25) is 0 Å². The standard InChI is InChI=1S/C73H71BN3O/c1-45-21-15-18-26-60(45)76(61-27-19-16-22-46(61)2)51-42-53(67-59(32-34-66-68(67)52-25-17-20-28-65(52)78-66)75-50-30-31-54-56(41-50)72(8,9)36-35-70(54,4)5)69-64(43-51)77(62-33-29-49(40-58(62)74-69)48-23-13-12-14-24-48)63-44-57-55(39-47(63)3)71(6,7)37-38-73(57,10)11/h12-34,39-44,75H,35-38H2,1-11H3. The number of fused-ring (bicyclic) bond motifs is 7. The van der Waals surface area contributed by atoms with Crippen molar-refractivity contribution in [1.82, 2.24) is 0 Å². The number of benzene rings is 9. The minimum Gasteiger partial charge on any atom is -0.456 e. The van der Waals surface area contributed by atoms with Crippen molar-refractivity contribution >= 4 is 85.6 Å². The van der Waals surface area contributed by atoms with Crippen LogP contribution in [0.5, 0.6) is 0 Å². The molecule has 0 atom stereocenters. The van der Waals surface area contributed by atoms with E-state index in [2.05, 4.69) is 274 Å². The summed E-state index contributed by atoms with van der Waals surface area (Å²) in [4.78, 5) is 5.11. The van der Waals surface area contributed by atoms with Crippen molar-refractivity contribution < 1.29 is 4.42 Å². The highest BCUT2D eigenvalue weighted by molar-refractivity contribution is 6.73. The van der Waals surface area contributed by atoms with E-state index < -0.39 is 0 Å². The molecule has 4 nitrogen and oxygen atoms in total. The number of nitrogens with zero attached hydrogens (tertiary/aromatic N) is 2. The molecule has 13 rings (SSSR count). The number of hydrogen-bond donors (Lipinski definition) is 1.